The normalized spacial score (nSPS) is 11.4. The Kier molecular flexibility index (Phi) is 16.5. The average Bonchev–Trinajstić information content (AvgIpc) is 3.71. The Bertz CT molecular complexity index is 1800. The first kappa shape index (κ1) is 42.6. The molecule has 0 amide bonds. The molecule has 0 unspecified atom stereocenters. The van der Waals surface area contributed by atoms with Gasteiger partial charge in [0, 0.05) is 9.52 Å². The van der Waals surface area contributed by atoms with Crippen LogP contribution in [0.25, 0.3) is 43.8 Å². The molecule has 0 bridgehead atoms. The van der Waals surface area contributed by atoms with E-state index >= 15 is 0 Å². The second-order valence-electron chi connectivity index (χ2n) is 15.7. The van der Waals surface area contributed by atoms with E-state index in [1.807, 2.05) is 0 Å². The van der Waals surface area contributed by atoms with E-state index in [9.17, 15) is 0 Å². The van der Waals surface area contributed by atoms with Crippen LogP contribution in [0.3, 0.4) is 0 Å². The van der Waals surface area contributed by atoms with Crippen LogP contribution in [0.15, 0.2) is 109 Å². The Hall–Kier alpha value is -1.79. The fourth-order valence-corrected chi connectivity index (χ4v) is 9.64. The van der Waals surface area contributed by atoms with E-state index in [1.165, 1.54) is 54.9 Å². The van der Waals surface area contributed by atoms with Crippen LogP contribution in [0.1, 0.15) is 50.7 Å². The van der Waals surface area contributed by atoms with Crippen molar-refractivity contribution in [3.05, 3.63) is 120 Å². The van der Waals surface area contributed by atoms with Crippen LogP contribution < -0.4 is 10.4 Å². The van der Waals surface area contributed by atoms with Gasteiger partial charge in [-0.3, -0.25) is 0 Å². The molecule has 262 valence electrons. The number of rotatable bonds is 6. The van der Waals surface area contributed by atoms with Gasteiger partial charge < -0.3 is 0 Å². The molecular weight excluding hydrogens is 775 g/mol. The van der Waals surface area contributed by atoms with Gasteiger partial charge in [-0.05, 0) is 23.0 Å². The standard InChI is InChI=1S/2C21H25Si.C2H6Si.2ClH.Zr/c2*1-15(2)17-13-16-9-8-11-18(20(16)14-17)19-10-6-7-12-21(19)22(3,4)5;1-3-2;;;/h2*6-15H,1-5H3;1-2H3;2*1H;/q2*-1;;;;+4/p-2. The summed E-state index contributed by atoms with van der Waals surface area (Å²) in [5.41, 5.74) is 8.51. The van der Waals surface area contributed by atoms with E-state index in [0.717, 1.165) is 9.52 Å². The second-order valence-corrected chi connectivity index (χ2v) is 30.5. The summed E-state index contributed by atoms with van der Waals surface area (Å²) in [5.74, 6) is 1.15. The van der Waals surface area contributed by atoms with Gasteiger partial charge in [0.2, 0.25) is 0 Å². The second kappa shape index (κ2) is 19.3. The summed E-state index contributed by atoms with van der Waals surface area (Å²) in [5, 5.41) is 8.64. The van der Waals surface area contributed by atoms with Gasteiger partial charge in [-0.1, -0.05) is 162 Å². The van der Waals surface area contributed by atoms with Gasteiger partial charge >= 0.3 is 37.9 Å². The molecule has 2 radical (unpaired) electrons. The quantitative estimate of drug-likeness (QED) is 0.116. The zero-order valence-corrected chi connectivity index (χ0v) is 39.3. The third-order valence-electron chi connectivity index (χ3n) is 8.93. The van der Waals surface area contributed by atoms with E-state index in [1.54, 1.807) is 10.4 Å². The molecule has 0 fully saturated rings. The van der Waals surface area contributed by atoms with E-state index in [4.69, 9.17) is 17.0 Å². The molecule has 0 nitrogen and oxygen atoms in total. The van der Waals surface area contributed by atoms with Gasteiger partial charge in [0.05, 0.1) is 16.1 Å². The SMILES string of the molecule is CC(C)c1cc2c(-c3ccccc3[Si](C)(C)C)cccc2[cH-]1.CC(C)c1cc2c(-c3ccccc3[Si](C)(C)C)cccc2[cH-]1.C[Si]C.[Cl][Zr+2][Cl]. The molecule has 6 rings (SSSR count). The van der Waals surface area contributed by atoms with E-state index in [-0.39, 0.29) is 0 Å². The van der Waals surface area contributed by atoms with Crippen LogP contribution in [0, 0.1) is 0 Å². The molecule has 0 heterocycles. The molecule has 0 spiro atoms. The van der Waals surface area contributed by atoms with Gasteiger partial charge in [0.15, 0.2) is 0 Å². The average molecular weight is 831 g/mol. The topological polar surface area (TPSA) is 0 Å². The number of hydrogen-bond donors (Lipinski definition) is 0. The summed E-state index contributed by atoms with van der Waals surface area (Å²) in [6.45, 7) is 27.9. The van der Waals surface area contributed by atoms with Crippen LogP contribution in [-0.2, 0) is 20.8 Å². The van der Waals surface area contributed by atoms with Crippen molar-refractivity contribution in [1.82, 2.24) is 0 Å². The molecule has 6 aromatic carbocycles. The van der Waals surface area contributed by atoms with Gasteiger partial charge in [-0.25, -0.2) is 0 Å². The molecule has 0 aliphatic rings. The van der Waals surface area contributed by atoms with Crippen molar-refractivity contribution in [2.75, 3.05) is 0 Å². The van der Waals surface area contributed by atoms with Crippen LogP contribution in [-0.4, -0.2) is 25.7 Å². The van der Waals surface area contributed by atoms with Crippen molar-refractivity contribution in [1.29, 1.82) is 0 Å². The third kappa shape index (κ3) is 11.1. The summed E-state index contributed by atoms with van der Waals surface area (Å²) < 4.78 is 0. The van der Waals surface area contributed by atoms with Crippen LogP contribution in [0.5, 0.6) is 0 Å². The summed E-state index contributed by atoms with van der Waals surface area (Å²) in [6, 6.07) is 40.9. The van der Waals surface area contributed by atoms with Crippen LogP contribution in [0.2, 0.25) is 52.4 Å². The van der Waals surface area contributed by atoms with Gasteiger partial charge in [-0.15, -0.1) is 69.1 Å². The number of halogens is 2. The van der Waals surface area contributed by atoms with Crippen molar-refractivity contribution < 1.29 is 20.8 Å². The Morgan fingerprint density at radius 2 is 0.820 bits per heavy atom. The number of benzene rings is 4. The summed E-state index contributed by atoms with van der Waals surface area (Å²) in [6.07, 6.45) is 0. The number of fused-ring (bicyclic) bond motifs is 2. The first-order valence-corrected chi connectivity index (χ1v) is 33.0. The summed E-state index contributed by atoms with van der Waals surface area (Å²) in [4.78, 5) is 0. The molecule has 50 heavy (non-hydrogen) atoms. The Morgan fingerprint density at radius 1 is 0.520 bits per heavy atom. The molecule has 6 heteroatoms. The predicted molar refractivity (Wildman–Crippen MR) is 233 cm³/mol. The maximum absolute atomic E-state index is 4.93. The van der Waals surface area contributed by atoms with Crippen molar-refractivity contribution in [3.8, 4) is 22.3 Å². The monoisotopic (exact) mass is 828 g/mol. The van der Waals surface area contributed by atoms with Crippen molar-refractivity contribution in [2.45, 2.75) is 91.9 Å². The minimum atomic E-state index is -1.36. The molecular formula is C44H56Cl2Si3Zr. The summed E-state index contributed by atoms with van der Waals surface area (Å²) in [7, 11) is 8.23. The molecule has 6 aromatic rings. The van der Waals surface area contributed by atoms with E-state index in [2.05, 4.69) is 189 Å². The predicted octanol–water partition coefficient (Wildman–Crippen LogP) is 14.0. The van der Waals surface area contributed by atoms with Gasteiger partial charge in [-0.2, -0.15) is 12.1 Å². The van der Waals surface area contributed by atoms with Crippen molar-refractivity contribution in [2.24, 2.45) is 0 Å². The third-order valence-corrected chi connectivity index (χ3v) is 13.0. The molecule has 0 atom stereocenters. The zero-order chi connectivity index (χ0) is 37.2. The minimum absolute atomic E-state index is 0.576. The fraction of sp³-hybridized carbons (Fsp3) is 0.318. The first-order chi connectivity index (χ1) is 23.6. The van der Waals surface area contributed by atoms with Gasteiger partial charge in [0.25, 0.3) is 0 Å². The molecule has 0 aromatic heterocycles. The molecule has 0 saturated heterocycles. The Balaban J connectivity index is 0.000000234. The van der Waals surface area contributed by atoms with Crippen molar-refractivity contribution in [3.63, 3.8) is 0 Å². The first-order valence-electron chi connectivity index (χ1n) is 17.7. The number of hydrogen-bond acceptors (Lipinski definition) is 0. The molecule has 0 aliphatic heterocycles. The van der Waals surface area contributed by atoms with Crippen LogP contribution >= 0.6 is 17.0 Å². The summed E-state index contributed by atoms with van der Waals surface area (Å²) >= 11 is -0.826. The van der Waals surface area contributed by atoms with E-state index < -0.39 is 37.0 Å². The van der Waals surface area contributed by atoms with Crippen molar-refractivity contribution >= 4 is 74.6 Å². The van der Waals surface area contributed by atoms with Crippen LogP contribution in [0.4, 0.5) is 0 Å². The van der Waals surface area contributed by atoms with E-state index in [0.29, 0.717) is 11.8 Å². The zero-order valence-electron chi connectivity index (χ0n) is 32.3. The Labute approximate surface area is 327 Å². The molecule has 0 saturated carbocycles. The Morgan fingerprint density at radius 3 is 1.12 bits per heavy atom. The molecule has 0 N–H and O–H groups in total. The maximum atomic E-state index is 4.93. The fourth-order valence-electron chi connectivity index (χ4n) is 6.40. The van der Waals surface area contributed by atoms with Gasteiger partial charge in [0.1, 0.15) is 0 Å². The molecule has 0 aliphatic carbocycles.